The number of rotatable bonds is 4. The van der Waals surface area contributed by atoms with Gasteiger partial charge in [0, 0.05) is 30.4 Å². The quantitative estimate of drug-likeness (QED) is 0.864. The second-order valence-electron chi connectivity index (χ2n) is 5.94. The van der Waals surface area contributed by atoms with Crippen molar-refractivity contribution >= 4 is 5.91 Å². The highest BCUT2D eigenvalue weighted by Crippen LogP contribution is 2.18. The van der Waals surface area contributed by atoms with Crippen LogP contribution in [0.1, 0.15) is 25.5 Å². The highest BCUT2D eigenvalue weighted by Gasteiger charge is 2.20. The number of carbonyl (C=O) groups excluding carboxylic acids is 1. The molecule has 6 heteroatoms. The molecule has 0 atom stereocenters. The summed E-state index contributed by atoms with van der Waals surface area (Å²) in [6.07, 6.45) is 2.61. The average molecular weight is 329 g/mol. The van der Waals surface area contributed by atoms with Crippen molar-refractivity contribution in [1.82, 2.24) is 14.5 Å². The lowest BCUT2D eigenvalue weighted by Gasteiger charge is -2.18. The number of aromatic nitrogens is 2. The zero-order valence-corrected chi connectivity index (χ0v) is 13.7. The van der Waals surface area contributed by atoms with Gasteiger partial charge in [0.1, 0.15) is 18.2 Å². The van der Waals surface area contributed by atoms with Gasteiger partial charge in [-0.3, -0.25) is 14.2 Å². The number of halogens is 1. The van der Waals surface area contributed by atoms with Gasteiger partial charge in [-0.1, -0.05) is 6.92 Å². The van der Waals surface area contributed by atoms with Gasteiger partial charge in [-0.25, -0.2) is 9.37 Å². The molecule has 0 aliphatic carbocycles. The Balaban J connectivity index is 2.01. The number of likely N-dealkylation sites (tertiary alicyclic amines) is 1. The first-order valence-corrected chi connectivity index (χ1v) is 8.23. The van der Waals surface area contributed by atoms with Crippen molar-refractivity contribution in [2.24, 2.45) is 0 Å². The highest BCUT2D eigenvalue weighted by atomic mass is 19.1. The molecule has 0 saturated carbocycles. The molecule has 1 fully saturated rings. The molecule has 1 aromatic carbocycles. The maximum Gasteiger partial charge on any atom is 0.254 e. The Bertz CT molecular complexity index is 793. The molecule has 0 radical (unpaired) electrons. The molecule has 1 aromatic heterocycles. The monoisotopic (exact) mass is 329 g/mol. The zero-order chi connectivity index (χ0) is 17.1. The van der Waals surface area contributed by atoms with Crippen molar-refractivity contribution < 1.29 is 9.18 Å². The predicted octanol–water partition coefficient (Wildman–Crippen LogP) is 2.23. The molecule has 3 rings (SSSR count). The first-order valence-electron chi connectivity index (χ1n) is 8.23. The summed E-state index contributed by atoms with van der Waals surface area (Å²) in [5, 5.41) is 0. The van der Waals surface area contributed by atoms with Crippen LogP contribution in [0.4, 0.5) is 4.39 Å². The summed E-state index contributed by atoms with van der Waals surface area (Å²) >= 11 is 0. The van der Waals surface area contributed by atoms with E-state index in [0.29, 0.717) is 23.5 Å². The Morgan fingerprint density at radius 2 is 1.88 bits per heavy atom. The minimum absolute atomic E-state index is 0.0391. The summed E-state index contributed by atoms with van der Waals surface area (Å²) in [6, 6.07) is 7.27. The summed E-state index contributed by atoms with van der Waals surface area (Å²) in [5.74, 6) is -0.0247. The Labute approximate surface area is 139 Å². The number of carbonyl (C=O) groups is 1. The lowest BCUT2D eigenvalue weighted by atomic mass is 10.2. The van der Waals surface area contributed by atoms with Crippen molar-refractivity contribution in [2.75, 3.05) is 13.1 Å². The number of amides is 1. The van der Waals surface area contributed by atoms with Gasteiger partial charge in [0.25, 0.3) is 5.56 Å². The Morgan fingerprint density at radius 1 is 1.21 bits per heavy atom. The van der Waals surface area contributed by atoms with Crippen LogP contribution in [0.5, 0.6) is 0 Å². The summed E-state index contributed by atoms with van der Waals surface area (Å²) < 4.78 is 14.6. The van der Waals surface area contributed by atoms with Gasteiger partial charge >= 0.3 is 0 Å². The summed E-state index contributed by atoms with van der Waals surface area (Å²) in [7, 11) is 0. The van der Waals surface area contributed by atoms with Crippen molar-refractivity contribution in [3.05, 3.63) is 52.2 Å². The zero-order valence-electron chi connectivity index (χ0n) is 13.7. The second-order valence-corrected chi connectivity index (χ2v) is 5.94. The Morgan fingerprint density at radius 3 is 2.50 bits per heavy atom. The highest BCUT2D eigenvalue weighted by molar-refractivity contribution is 5.77. The van der Waals surface area contributed by atoms with Gasteiger partial charge in [0.2, 0.25) is 5.91 Å². The third-order valence-electron chi connectivity index (χ3n) is 4.28. The molecule has 126 valence electrons. The normalized spacial score (nSPS) is 14.2. The SMILES string of the molecule is CCc1cc(=O)n(CC(=O)N2CCCC2)c(-c2ccc(F)cc2)n1. The largest absolute Gasteiger partial charge is 0.341 e. The van der Waals surface area contributed by atoms with Crippen molar-refractivity contribution in [3.63, 3.8) is 0 Å². The number of hydrogen-bond donors (Lipinski definition) is 0. The molecule has 2 heterocycles. The van der Waals surface area contributed by atoms with E-state index in [2.05, 4.69) is 4.98 Å². The minimum atomic E-state index is -0.354. The van der Waals surface area contributed by atoms with Gasteiger partial charge in [-0.15, -0.1) is 0 Å². The molecule has 24 heavy (non-hydrogen) atoms. The first kappa shape index (κ1) is 16.4. The molecule has 0 unspecified atom stereocenters. The van der Waals surface area contributed by atoms with E-state index in [0.717, 1.165) is 25.9 Å². The fourth-order valence-corrected chi connectivity index (χ4v) is 2.91. The standard InChI is InChI=1S/C18H20FN3O2/c1-2-15-11-16(23)22(12-17(24)21-9-3-4-10-21)18(20-15)13-5-7-14(19)8-6-13/h5-8,11H,2-4,9-10,12H2,1H3. The average Bonchev–Trinajstić information content (AvgIpc) is 3.12. The van der Waals surface area contributed by atoms with Crippen molar-refractivity contribution in [1.29, 1.82) is 0 Å². The maximum atomic E-state index is 13.2. The van der Waals surface area contributed by atoms with Gasteiger partial charge in [-0.2, -0.15) is 0 Å². The topological polar surface area (TPSA) is 55.2 Å². The van der Waals surface area contributed by atoms with Crippen LogP contribution in [0.2, 0.25) is 0 Å². The molecule has 0 spiro atoms. The summed E-state index contributed by atoms with van der Waals surface area (Å²) in [5.41, 5.74) is 1.02. The van der Waals surface area contributed by atoms with Gasteiger partial charge in [0.15, 0.2) is 0 Å². The van der Waals surface area contributed by atoms with Gasteiger partial charge in [0.05, 0.1) is 0 Å². The fourth-order valence-electron chi connectivity index (χ4n) is 2.91. The fraction of sp³-hybridized carbons (Fsp3) is 0.389. The van der Waals surface area contributed by atoms with E-state index in [9.17, 15) is 14.0 Å². The third kappa shape index (κ3) is 3.37. The van der Waals surface area contributed by atoms with Gasteiger partial charge in [-0.05, 0) is 43.5 Å². The Hall–Kier alpha value is -2.50. The number of benzene rings is 1. The minimum Gasteiger partial charge on any atom is -0.341 e. The van der Waals surface area contributed by atoms with E-state index in [1.165, 1.54) is 22.8 Å². The van der Waals surface area contributed by atoms with E-state index in [-0.39, 0.29) is 23.8 Å². The van der Waals surface area contributed by atoms with Crippen molar-refractivity contribution in [3.8, 4) is 11.4 Å². The van der Waals surface area contributed by atoms with Gasteiger partial charge < -0.3 is 4.90 Å². The number of hydrogen-bond acceptors (Lipinski definition) is 3. The molecule has 1 aliphatic heterocycles. The second kappa shape index (κ2) is 6.95. The molecule has 1 amide bonds. The maximum absolute atomic E-state index is 13.2. The third-order valence-corrected chi connectivity index (χ3v) is 4.28. The van der Waals surface area contributed by atoms with Crippen LogP contribution in [0.25, 0.3) is 11.4 Å². The lowest BCUT2D eigenvalue weighted by molar-refractivity contribution is -0.130. The van der Waals surface area contributed by atoms with Crippen LogP contribution in [-0.4, -0.2) is 33.4 Å². The lowest BCUT2D eigenvalue weighted by Crippen LogP contribution is -2.35. The van der Waals surface area contributed by atoms with Crippen molar-refractivity contribution in [2.45, 2.75) is 32.7 Å². The van der Waals surface area contributed by atoms with E-state index in [1.807, 2.05) is 6.92 Å². The van der Waals surface area contributed by atoms with E-state index < -0.39 is 0 Å². The molecule has 5 nitrogen and oxygen atoms in total. The molecular formula is C18H20FN3O2. The van der Waals surface area contributed by atoms with E-state index in [1.54, 1.807) is 17.0 Å². The van der Waals surface area contributed by atoms with Crippen LogP contribution in [0.3, 0.4) is 0 Å². The molecule has 2 aromatic rings. The summed E-state index contributed by atoms with van der Waals surface area (Å²) in [4.78, 5) is 31.2. The predicted molar refractivity (Wildman–Crippen MR) is 89.1 cm³/mol. The van der Waals surface area contributed by atoms with Crippen LogP contribution >= 0.6 is 0 Å². The smallest absolute Gasteiger partial charge is 0.254 e. The molecular weight excluding hydrogens is 309 g/mol. The van der Waals surface area contributed by atoms with Crippen LogP contribution in [0.15, 0.2) is 35.1 Å². The number of nitrogens with zero attached hydrogens (tertiary/aromatic N) is 3. The molecule has 1 aliphatic rings. The van der Waals surface area contributed by atoms with Crippen LogP contribution in [-0.2, 0) is 17.8 Å². The molecule has 1 saturated heterocycles. The molecule has 0 N–H and O–H groups in total. The summed E-state index contributed by atoms with van der Waals surface area (Å²) in [6.45, 7) is 3.35. The van der Waals surface area contributed by atoms with E-state index >= 15 is 0 Å². The van der Waals surface area contributed by atoms with Crippen LogP contribution in [0, 0.1) is 5.82 Å². The van der Waals surface area contributed by atoms with Crippen LogP contribution < -0.4 is 5.56 Å². The first-order chi connectivity index (χ1) is 11.6. The molecule has 0 bridgehead atoms. The Kier molecular flexibility index (Phi) is 4.74. The number of aryl methyl sites for hydroxylation is 1. The van der Waals surface area contributed by atoms with E-state index in [4.69, 9.17) is 0 Å².